The van der Waals surface area contributed by atoms with Crippen molar-refractivity contribution in [2.45, 2.75) is 6.42 Å². The van der Waals surface area contributed by atoms with E-state index < -0.39 is 0 Å². The number of rotatable bonds is 0. The standard InChI is InChI=1S/C21H15/c1-3-7-20-14-16(9-11-18(20)5-1)13-17-10-12-19-6-2-4-8-21(19)15-17/h1-7,9-12,14-15H,8H2/q+1. The van der Waals surface area contributed by atoms with Crippen molar-refractivity contribution in [1.29, 1.82) is 0 Å². The molecule has 0 saturated carbocycles. The first kappa shape index (κ1) is 12.1. The Balaban J connectivity index is 1.95. The Morgan fingerprint density at radius 1 is 0.857 bits per heavy atom. The van der Waals surface area contributed by atoms with E-state index in [1.807, 2.05) is 0 Å². The lowest BCUT2D eigenvalue weighted by Gasteiger charge is -2.01. The molecule has 98 valence electrons. The summed E-state index contributed by atoms with van der Waals surface area (Å²) >= 11 is 0. The molecule has 0 fully saturated rings. The monoisotopic (exact) mass is 267 g/mol. The zero-order chi connectivity index (χ0) is 14.1. The normalized spacial score (nSPS) is 14.1. The summed E-state index contributed by atoms with van der Waals surface area (Å²) in [6, 6.07) is 13.1. The lowest BCUT2D eigenvalue weighted by molar-refractivity contribution is 1.22. The Bertz CT molecular complexity index is 929. The average Bonchev–Trinajstić information content (AvgIpc) is 2.55. The maximum atomic E-state index is 3.51. The summed E-state index contributed by atoms with van der Waals surface area (Å²) in [5.74, 6) is 0. The van der Waals surface area contributed by atoms with Crippen molar-refractivity contribution in [2.75, 3.05) is 0 Å². The van der Waals surface area contributed by atoms with Gasteiger partial charge in [0.25, 0.3) is 0 Å². The van der Waals surface area contributed by atoms with Gasteiger partial charge in [0.1, 0.15) is 5.56 Å². The van der Waals surface area contributed by atoms with Crippen LogP contribution in [0, 0.1) is 6.42 Å². The van der Waals surface area contributed by atoms with Gasteiger partial charge in [0.05, 0.1) is 10.4 Å². The maximum Gasteiger partial charge on any atom is 0.105 e. The molecular formula is C21H15+. The second kappa shape index (κ2) is 5.01. The van der Waals surface area contributed by atoms with E-state index in [2.05, 4.69) is 85.0 Å². The Morgan fingerprint density at radius 2 is 1.67 bits per heavy atom. The number of fused-ring (bicyclic) bond motifs is 2. The third kappa shape index (κ3) is 2.38. The molecule has 0 N–H and O–H groups in total. The third-order valence-electron chi connectivity index (χ3n) is 3.93. The van der Waals surface area contributed by atoms with Crippen molar-refractivity contribution in [3.63, 3.8) is 0 Å². The maximum absolute atomic E-state index is 3.51. The number of benzene rings is 2. The zero-order valence-corrected chi connectivity index (χ0v) is 11.7. The number of hydrogen-bond donors (Lipinski definition) is 0. The predicted octanol–water partition coefficient (Wildman–Crippen LogP) is 1.23. The highest BCUT2D eigenvalue weighted by Crippen LogP contribution is 1.99. The molecular weight excluding hydrogens is 252 g/mol. The third-order valence-corrected chi connectivity index (χ3v) is 3.93. The highest BCUT2D eigenvalue weighted by atomic mass is 14.0. The summed E-state index contributed by atoms with van der Waals surface area (Å²) in [5.41, 5.74) is 6.15. The minimum Gasteiger partial charge on any atom is -0.0940 e. The summed E-state index contributed by atoms with van der Waals surface area (Å²) in [6.45, 7) is 0. The van der Waals surface area contributed by atoms with Crippen LogP contribution < -0.4 is 20.9 Å². The molecule has 0 saturated heterocycles. The first-order chi connectivity index (χ1) is 10.4. The van der Waals surface area contributed by atoms with E-state index in [0.29, 0.717) is 0 Å². The second-order valence-corrected chi connectivity index (χ2v) is 5.40. The van der Waals surface area contributed by atoms with Crippen LogP contribution in [0.15, 0.2) is 60.7 Å². The van der Waals surface area contributed by atoms with Gasteiger partial charge >= 0.3 is 0 Å². The average molecular weight is 267 g/mol. The molecule has 2 aromatic carbocycles. The quantitative estimate of drug-likeness (QED) is 0.630. The second-order valence-electron chi connectivity index (χ2n) is 5.40. The molecule has 0 aromatic heterocycles. The van der Waals surface area contributed by atoms with Gasteiger partial charge in [0.2, 0.25) is 0 Å². The van der Waals surface area contributed by atoms with Crippen molar-refractivity contribution < 1.29 is 0 Å². The van der Waals surface area contributed by atoms with Gasteiger partial charge in [0, 0.05) is 35.9 Å². The van der Waals surface area contributed by atoms with Crippen LogP contribution in [0.5, 0.6) is 0 Å². The largest absolute Gasteiger partial charge is 0.105 e. The molecule has 2 aliphatic carbocycles. The van der Waals surface area contributed by atoms with Crippen LogP contribution in [0.2, 0.25) is 0 Å². The van der Waals surface area contributed by atoms with Crippen LogP contribution >= 0.6 is 0 Å². The smallest absolute Gasteiger partial charge is 0.0940 e. The van der Waals surface area contributed by atoms with Crippen LogP contribution in [-0.2, 0) is 6.42 Å². The van der Waals surface area contributed by atoms with Gasteiger partial charge in [0.15, 0.2) is 0 Å². The molecule has 2 aromatic rings. The van der Waals surface area contributed by atoms with Crippen LogP contribution in [0.4, 0.5) is 0 Å². The van der Waals surface area contributed by atoms with Gasteiger partial charge in [-0.3, -0.25) is 0 Å². The first-order valence-corrected chi connectivity index (χ1v) is 7.27. The Kier molecular flexibility index (Phi) is 2.88. The van der Waals surface area contributed by atoms with Crippen LogP contribution in [0.1, 0.15) is 11.1 Å². The first-order valence-electron chi connectivity index (χ1n) is 7.27. The van der Waals surface area contributed by atoms with E-state index in [0.717, 1.165) is 16.9 Å². The molecule has 0 nitrogen and oxygen atoms in total. The summed E-state index contributed by atoms with van der Waals surface area (Å²) < 4.78 is 0. The fourth-order valence-corrected chi connectivity index (χ4v) is 2.82. The van der Waals surface area contributed by atoms with Crippen LogP contribution in [0.25, 0.3) is 17.9 Å². The van der Waals surface area contributed by atoms with Gasteiger partial charge in [-0.1, -0.05) is 30.0 Å². The highest BCUT2D eigenvalue weighted by Gasteiger charge is 2.04. The molecule has 0 aliphatic heterocycles. The van der Waals surface area contributed by atoms with E-state index in [-0.39, 0.29) is 0 Å². The fourth-order valence-electron chi connectivity index (χ4n) is 2.82. The molecule has 0 amide bonds. The molecule has 0 unspecified atom stereocenters. The molecule has 0 heteroatoms. The molecule has 0 spiro atoms. The Labute approximate surface area is 124 Å². The van der Waals surface area contributed by atoms with E-state index in [9.17, 15) is 0 Å². The summed E-state index contributed by atoms with van der Waals surface area (Å²) in [5, 5.41) is 4.87. The summed E-state index contributed by atoms with van der Waals surface area (Å²) in [4.78, 5) is 0. The topological polar surface area (TPSA) is 0 Å². The number of allylic oxidation sites excluding steroid dienone is 4. The lowest BCUT2D eigenvalue weighted by Crippen LogP contribution is -2.18. The van der Waals surface area contributed by atoms with Crippen molar-refractivity contribution in [3.05, 3.63) is 99.1 Å². The predicted molar refractivity (Wildman–Crippen MR) is 88.2 cm³/mol. The van der Waals surface area contributed by atoms with E-state index in [1.54, 1.807) is 0 Å². The molecule has 4 rings (SSSR count). The van der Waals surface area contributed by atoms with Crippen molar-refractivity contribution in [2.24, 2.45) is 0 Å². The van der Waals surface area contributed by atoms with Crippen LogP contribution in [0.3, 0.4) is 0 Å². The van der Waals surface area contributed by atoms with Crippen molar-refractivity contribution in [1.82, 2.24) is 0 Å². The van der Waals surface area contributed by atoms with E-state index in [1.165, 1.54) is 21.6 Å². The molecule has 0 atom stereocenters. The molecule has 0 heterocycles. The Morgan fingerprint density at radius 3 is 2.62 bits per heavy atom. The van der Waals surface area contributed by atoms with Gasteiger partial charge < -0.3 is 0 Å². The van der Waals surface area contributed by atoms with Crippen LogP contribution in [-0.4, -0.2) is 0 Å². The van der Waals surface area contributed by atoms with Gasteiger partial charge in [-0.15, -0.1) is 0 Å². The molecule has 21 heavy (non-hydrogen) atoms. The van der Waals surface area contributed by atoms with E-state index >= 15 is 0 Å². The van der Waals surface area contributed by atoms with Gasteiger partial charge in [-0.25, -0.2) is 0 Å². The Hall–Kier alpha value is -2.69. The van der Waals surface area contributed by atoms with Crippen molar-refractivity contribution >= 4 is 17.9 Å². The minimum absolute atomic E-state index is 1.01. The fraction of sp³-hybridized carbons (Fsp3) is 0.0476. The summed E-state index contributed by atoms with van der Waals surface area (Å²) in [6.07, 6.45) is 15.9. The van der Waals surface area contributed by atoms with E-state index in [4.69, 9.17) is 0 Å². The highest BCUT2D eigenvalue weighted by molar-refractivity contribution is 5.50. The zero-order valence-electron chi connectivity index (χ0n) is 11.7. The summed E-state index contributed by atoms with van der Waals surface area (Å²) in [7, 11) is 0. The SMILES string of the molecule is C(=c1ccc2c(c1)[CH+]C=CC=2)=c1ccc2c(c1)CC=CC=2. The molecule has 0 bridgehead atoms. The van der Waals surface area contributed by atoms with Gasteiger partial charge in [-0.05, 0) is 41.5 Å². The lowest BCUT2D eigenvalue weighted by atomic mass is 10.0. The van der Waals surface area contributed by atoms with Crippen molar-refractivity contribution in [3.8, 4) is 0 Å². The van der Waals surface area contributed by atoms with Gasteiger partial charge in [-0.2, -0.15) is 0 Å². The molecule has 2 aliphatic rings. The molecule has 0 radical (unpaired) electrons. The minimum atomic E-state index is 1.01. The number of hydrogen-bond acceptors (Lipinski definition) is 0.